The summed E-state index contributed by atoms with van der Waals surface area (Å²) < 4.78 is 41.9. The van der Waals surface area contributed by atoms with Crippen molar-refractivity contribution in [2.75, 3.05) is 33.3 Å². The molecular formula is C11H21F3N2O2. The second kappa shape index (κ2) is 8.31. The van der Waals surface area contributed by atoms with E-state index >= 15 is 0 Å². The summed E-state index contributed by atoms with van der Waals surface area (Å²) in [7, 11) is 1.53. The molecule has 4 nitrogen and oxygen atoms in total. The molecule has 0 aliphatic rings. The van der Waals surface area contributed by atoms with Crippen molar-refractivity contribution in [2.45, 2.75) is 32.5 Å². The van der Waals surface area contributed by atoms with Gasteiger partial charge < -0.3 is 10.1 Å². The Kier molecular flexibility index (Phi) is 7.93. The van der Waals surface area contributed by atoms with Crippen molar-refractivity contribution in [3.63, 3.8) is 0 Å². The van der Waals surface area contributed by atoms with Crippen LogP contribution >= 0.6 is 0 Å². The molecule has 0 saturated carbocycles. The summed E-state index contributed by atoms with van der Waals surface area (Å²) in [5.41, 5.74) is 0. The molecule has 7 heteroatoms. The van der Waals surface area contributed by atoms with Gasteiger partial charge in [0.05, 0.1) is 13.2 Å². The first-order chi connectivity index (χ1) is 8.34. The molecule has 1 unspecified atom stereocenters. The lowest BCUT2D eigenvalue weighted by molar-refractivity contribution is -0.154. The molecule has 0 saturated heterocycles. The third kappa shape index (κ3) is 7.50. The van der Waals surface area contributed by atoms with Crippen molar-refractivity contribution in [1.82, 2.24) is 10.2 Å². The number of nitrogens with one attached hydrogen (secondary N) is 1. The third-order valence-electron chi connectivity index (χ3n) is 2.30. The average molecular weight is 270 g/mol. The number of likely N-dealkylation sites (N-methyl/N-ethyl adjacent to an activating group) is 1. The molecule has 1 N–H and O–H groups in total. The van der Waals surface area contributed by atoms with Gasteiger partial charge in [-0.25, -0.2) is 0 Å². The van der Waals surface area contributed by atoms with Gasteiger partial charge in [-0.15, -0.1) is 0 Å². The average Bonchev–Trinajstić information content (AvgIpc) is 2.24. The summed E-state index contributed by atoms with van der Waals surface area (Å²) in [6.07, 6.45) is -3.67. The van der Waals surface area contributed by atoms with Crippen LogP contribution in [-0.2, 0) is 9.53 Å². The fourth-order valence-corrected chi connectivity index (χ4v) is 1.59. The van der Waals surface area contributed by atoms with Crippen LogP contribution in [0.3, 0.4) is 0 Å². The van der Waals surface area contributed by atoms with E-state index in [2.05, 4.69) is 5.32 Å². The maximum atomic E-state index is 12.4. The van der Waals surface area contributed by atoms with Crippen molar-refractivity contribution >= 4 is 5.97 Å². The molecule has 0 aliphatic heterocycles. The van der Waals surface area contributed by atoms with E-state index in [1.165, 1.54) is 11.9 Å². The van der Waals surface area contributed by atoms with E-state index in [4.69, 9.17) is 4.74 Å². The normalized spacial score (nSPS) is 13.7. The van der Waals surface area contributed by atoms with Gasteiger partial charge in [-0.3, -0.25) is 9.69 Å². The number of hydrogen-bond donors (Lipinski definition) is 1. The smallest absolute Gasteiger partial charge is 0.401 e. The molecule has 0 amide bonds. The first-order valence-corrected chi connectivity index (χ1v) is 5.97. The van der Waals surface area contributed by atoms with Gasteiger partial charge in [0.2, 0.25) is 0 Å². The number of halogens is 3. The molecule has 0 aliphatic carbocycles. The van der Waals surface area contributed by atoms with E-state index in [-0.39, 0.29) is 19.7 Å². The number of carbonyl (C=O) groups excluding carboxylic acids is 1. The van der Waals surface area contributed by atoms with Crippen LogP contribution in [0.5, 0.6) is 0 Å². The molecule has 18 heavy (non-hydrogen) atoms. The van der Waals surface area contributed by atoms with Crippen molar-refractivity contribution in [3.05, 3.63) is 0 Å². The van der Waals surface area contributed by atoms with Crippen LogP contribution in [0.25, 0.3) is 0 Å². The number of rotatable bonds is 8. The first-order valence-electron chi connectivity index (χ1n) is 5.97. The first kappa shape index (κ1) is 17.2. The minimum atomic E-state index is -4.26. The van der Waals surface area contributed by atoms with Gasteiger partial charge in [0.25, 0.3) is 0 Å². The zero-order chi connectivity index (χ0) is 14.2. The van der Waals surface area contributed by atoms with Crippen molar-refractivity contribution in [2.24, 2.45) is 0 Å². The third-order valence-corrected chi connectivity index (χ3v) is 2.30. The summed E-state index contributed by atoms with van der Waals surface area (Å²) in [6, 6.07) is -0.737. The molecule has 1 atom stereocenters. The van der Waals surface area contributed by atoms with E-state index < -0.39 is 24.7 Å². The molecule has 0 aromatic carbocycles. The highest BCUT2D eigenvalue weighted by Gasteiger charge is 2.32. The van der Waals surface area contributed by atoms with Crippen LogP contribution < -0.4 is 5.32 Å². The molecule has 0 aromatic heterocycles. The Hall–Kier alpha value is -0.820. The summed E-state index contributed by atoms with van der Waals surface area (Å²) in [5.74, 6) is -0.525. The van der Waals surface area contributed by atoms with Gasteiger partial charge in [-0.05, 0) is 26.9 Å². The van der Waals surface area contributed by atoms with Crippen LogP contribution in [0.15, 0.2) is 0 Å². The van der Waals surface area contributed by atoms with Crippen molar-refractivity contribution in [1.29, 1.82) is 0 Å². The Morgan fingerprint density at radius 3 is 2.39 bits per heavy atom. The van der Waals surface area contributed by atoms with E-state index in [0.29, 0.717) is 6.42 Å². The van der Waals surface area contributed by atoms with Gasteiger partial charge in [0.1, 0.15) is 6.04 Å². The Morgan fingerprint density at radius 2 is 2.00 bits per heavy atom. The molecule has 108 valence electrons. The summed E-state index contributed by atoms with van der Waals surface area (Å²) in [6.45, 7) is 2.93. The summed E-state index contributed by atoms with van der Waals surface area (Å²) in [4.78, 5) is 12.7. The molecule has 0 spiro atoms. The lowest BCUT2D eigenvalue weighted by Crippen LogP contribution is -2.48. The van der Waals surface area contributed by atoms with Crippen LogP contribution in [0.2, 0.25) is 0 Å². The van der Waals surface area contributed by atoms with Gasteiger partial charge in [0, 0.05) is 6.54 Å². The van der Waals surface area contributed by atoms with Crippen LogP contribution in [-0.4, -0.2) is 56.4 Å². The Bertz CT molecular complexity index is 247. The quantitative estimate of drug-likeness (QED) is 0.677. The molecule has 0 rings (SSSR count). The second-order valence-corrected chi connectivity index (χ2v) is 3.94. The molecule has 0 fully saturated rings. The minimum Gasteiger partial charge on any atom is -0.465 e. The molecular weight excluding hydrogens is 249 g/mol. The highest BCUT2D eigenvalue weighted by Crippen LogP contribution is 2.16. The van der Waals surface area contributed by atoms with E-state index in [1.807, 2.05) is 0 Å². The number of alkyl halides is 3. The minimum absolute atomic E-state index is 0.0112. The predicted octanol–water partition coefficient (Wildman–Crippen LogP) is 1.41. The highest BCUT2D eigenvalue weighted by molar-refractivity contribution is 5.76. The van der Waals surface area contributed by atoms with E-state index in [9.17, 15) is 18.0 Å². The Balaban J connectivity index is 4.47. The van der Waals surface area contributed by atoms with Crippen molar-refractivity contribution < 1.29 is 22.7 Å². The topological polar surface area (TPSA) is 41.6 Å². The Morgan fingerprint density at radius 1 is 1.39 bits per heavy atom. The second-order valence-electron chi connectivity index (χ2n) is 3.94. The molecule has 0 aromatic rings. The zero-order valence-electron chi connectivity index (χ0n) is 11.0. The zero-order valence-corrected chi connectivity index (χ0v) is 11.0. The predicted molar refractivity (Wildman–Crippen MR) is 62.3 cm³/mol. The molecule has 0 radical (unpaired) electrons. The molecule has 0 bridgehead atoms. The van der Waals surface area contributed by atoms with E-state index in [0.717, 1.165) is 0 Å². The standard InChI is InChI=1S/C11H21F3N2O2/c1-4-6-16(8-11(12,13)14)7-9(15-3)10(17)18-5-2/h9,15H,4-8H2,1-3H3. The monoisotopic (exact) mass is 270 g/mol. The maximum absolute atomic E-state index is 12.4. The fraction of sp³-hybridized carbons (Fsp3) is 0.909. The number of esters is 1. The van der Waals surface area contributed by atoms with Gasteiger partial charge in [0.15, 0.2) is 0 Å². The highest BCUT2D eigenvalue weighted by atomic mass is 19.4. The number of nitrogens with zero attached hydrogens (tertiary/aromatic N) is 1. The van der Waals surface area contributed by atoms with Crippen LogP contribution in [0, 0.1) is 0 Å². The lowest BCUT2D eigenvalue weighted by Gasteiger charge is -2.26. The largest absolute Gasteiger partial charge is 0.465 e. The number of hydrogen-bond acceptors (Lipinski definition) is 4. The fourth-order valence-electron chi connectivity index (χ4n) is 1.59. The molecule has 0 heterocycles. The number of ether oxygens (including phenoxy) is 1. The van der Waals surface area contributed by atoms with Gasteiger partial charge in [-0.2, -0.15) is 13.2 Å². The SMILES string of the molecule is CCCN(CC(NC)C(=O)OCC)CC(F)(F)F. The van der Waals surface area contributed by atoms with Gasteiger partial charge in [-0.1, -0.05) is 6.92 Å². The maximum Gasteiger partial charge on any atom is 0.401 e. The van der Waals surface area contributed by atoms with Gasteiger partial charge >= 0.3 is 12.1 Å². The summed E-state index contributed by atoms with van der Waals surface area (Å²) >= 11 is 0. The number of carbonyl (C=O) groups is 1. The van der Waals surface area contributed by atoms with Crippen LogP contribution in [0.1, 0.15) is 20.3 Å². The van der Waals surface area contributed by atoms with Crippen molar-refractivity contribution in [3.8, 4) is 0 Å². The van der Waals surface area contributed by atoms with E-state index in [1.54, 1.807) is 13.8 Å². The lowest BCUT2D eigenvalue weighted by atomic mass is 10.2. The van der Waals surface area contributed by atoms with Crippen LogP contribution in [0.4, 0.5) is 13.2 Å². The Labute approximate surface area is 105 Å². The summed E-state index contributed by atoms with van der Waals surface area (Å²) in [5, 5.41) is 2.68.